The van der Waals surface area contributed by atoms with Crippen molar-refractivity contribution in [3.05, 3.63) is 0 Å². The van der Waals surface area contributed by atoms with Crippen LogP contribution in [0.4, 0.5) is 0 Å². The van der Waals surface area contributed by atoms with Crippen LogP contribution in [0.2, 0.25) is 0 Å². The quantitative estimate of drug-likeness (QED) is 0.507. The van der Waals surface area contributed by atoms with Crippen molar-refractivity contribution < 1.29 is 9.59 Å². The number of nitrogens with one attached hydrogen (secondary N) is 1. The molecule has 1 saturated carbocycles. The molecule has 0 spiro atoms. The van der Waals surface area contributed by atoms with Gasteiger partial charge in [-0.2, -0.15) is 0 Å². The van der Waals surface area contributed by atoms with Crippen LogP contribution in [0.25, 0.3) is 0 Å². The predicted molar refractivity (Wildman–Crippen MR) is 38.9 cm³/mol. The van der Waals surface area contributed by atoms with Crippen LogP contribution in [0.15, 0.2) is 0 Å². The fraction of sp³-hybridized carbons (Fsp3) is 0.750. The van der Waals surface area contributed by atoms with E-state index < -0.39 is 0 Å². The predicted octanol–water partition coefficient (Wildman–Crippen LogP) is 0.244. The van der Waals surface area contributed by atoms with Gasteiger partial charge in [-0.15, -0.1) is 0 Å². The zero-order valence-corrected chi connectivity index (χ0v) is 6.52. The van der Waals surface area contributed by atoms with Crippen LogP contribution < -0.4 is 5.32 Å². The van der Waals surface area contributed by atoms with Gasteiger partial charge in [0.2, 0.25) is 5.91 Å². The van der Waals surface area contributed by atoms with Gasteiger partial charge in [-0.25, -0.2) is 0 Å². The topological polar surface area (TPSA) is 46.2 Å². The van der Waals surface area contributed by atoms with Gasteiger partial charge in [0, 0.05) is 12.0 Å². The van der Waals surface area contributed by atoms with Crippen LogP contribution in [-0.2, 0) is 9.59 Å². The first-order valence-corrected chi connectivity index (χ1v) is 3.95. The Kier molecular flexibility index (Phi) is 1.14. The molecule has 0 aromatic carbocycles. The monoisotopic (exact) mass is 153 g/mol. The first-order chi connectivity index (χ1) is 5.11. The molecule has 0 aromatic heterocycles. The Labute approximate surface area is 65.2 Å². The number of rotatable bonds is 0. The molecule has 2 fully saturated rings. The van der Waals surface area contributed by atoms with Gasteiger partial charge in [0.25, 0.3) is 0 Å². The number of Topliss-reactive ketones (excluding diaryl/α,β-unsaturated/α-hetero) is 1. The standard InChI is InChI=1S/C8H11NO2/c1-8-3-2-6(10)5(4-8)7(11)9-8/h5H,2-4H2,1H3,(H,9,11)/t5-,8-/m1/s1. The average Bonchev–Trinajstić information content (AvgIpc) is 2.18. The van der Waals surface area contributed by atoms with Gasteiger partial charge in [-0.05, 0) is 19.8 Å². The second-order valence-electron chi connectivity index (χ2n) is 3.77. The number of carbonyl (C=O) groups excluding carboxylic acids is 2. The summed E-state index contributed by atoms with van der Waals surface area (Å²) in [6.45, 7) is 2.01. The molecule has 1 aliphatic heterocycles. The first-order valence-electron chi connectivity index (χ1n) is 3.95. The van der Waals surface area contributed by atoms with E-state index in [1.54, 1.807) is 0 Å². The maximum absolute atomic E-state index is 11.1. The fourth-order valence-corrected chi connectivity index (χ4v) is 1.98. The molecule has 0 aromatic rings. The molecule has 1 heterocycles. The Balaban J connectivity index is 2.31. The molecule has 1 aliphatic carbocycles. The zero-order valence-electron chi connectivity index (χ0n) is 6.52. The van der Waals surface area contributed by atoms with Gasteiger partial charge in [0.05, 0.1) is 5.92 Å². The number of hydrogen-bond donors (Lipinski definition) is 1. The molecule has 60 valence electrons. The van der Waals surface area contributed by atoms with Crippen molar-refractivity contribution in [2.24, 2.45) is 5.92 Å². The number of hydrogen-bond acceptors (Lipinski definition) is 2. The Bertz CT molecular complexity index is 236. The summed E-state index contributed by atoms with van der Waals surface area (Å²) >= 11 is 0. The highest BCUT2D eigenvalue weighted by atomic mass is 16.2. The summed E-state index contributed by atoms with van der Waals surface area (Å²) in [6.07, 6.45) is 2.10. The third-order valence-electron chi connectivity index (χ3n) is 2.71. The van der Waals surface area contributed by atoms with Gasteiger partial charge in [0.15, 0.2) is 0 Å². The summed E-state index contributed by atoms with van der Waals surface area (Å²) in [5.74, 6) is -0.263. The molecule has 1 N–H and O–H groups in total. The second-order valence-corrected chi connectivity index (χ2v) is 3.77. The summed E-state index contributed by atoms with van der Waals surface area (Å²) in [5.41, 5.74) is -0.0737. The fourth-order valence-electron chi connectivity index (χ4n) is 1.98. The van der Waals surface area contributed by atoms with Gasteiger partial charge >= 0.3 is 0 Å². The summed E-state index contributed by atoms with van der Waals surface area (Å²) in [5, 5.41) is 2.86. The molecule has 11 heavy (non-hydrogen) atoms. The highest BCUT2D eigenvalue weighted by Gasteiger charge is 2.47. The minimum atomic E-state index is -0.325. The number of amides is 1. The molecule has 2 aliphatic rings. The molecule has 1 saturated heterocycles. The van der Waals surface area contributed by atoms with Crippen LogP contribution >= 0.6 is 0 Å². The molecule has 3 heteroatoms. The molecule has 2 atom stereocenters. The smallest absolute Gasteiger partial charge is 0.231 e. The lowest BCUT2D eigenvalue weighted by Gasteiger charge is -2.26. The third-order valence-corrected chi connectivity index (χ3v) is 2.71. The van der Waals surface area contributed by atoms with E-state index >= 15 is 0 Å². The van der Waals surface area contributed by atoms with Crippen molar-refractivity contribution in [2.45, 2.75) is 31.7 Å². The number of fused-ring (bicyclic) bond motifs is 2. The molecule has 0 radical (unpaired) electrons. The van der Waals surface area contributed by atoms with Crippen molar-refractivity contribution in [2.75, 3.05) is 0 Å². The summed E-state index contributed by atoms with van der Waals surface area (Å²) in [6, 6.07) is 0. The van der Waals surface area contributed by atoms with E-state index in [1.807, 2.05) is 6.92 Å². The zero-order chi connectivity index (χ0) is 8.06. The summed E-state index contributed by atoms with van der Waals surface area (Å²) in [4.78, 5) is 22.3. The molecule has 1 amide bonds. The van der Waals surface area contributed by atoms with Gasteiger partial charge < -0.3 is 5.32 Å². The maximum atomic E-state index is 11.1. The van der Waals surface area contributed by atoms with E-state index in [0.29, 0.717) is 12.8 Å². The maximum Gasteiger partial charge on any atom is 0.231 e. The summed E-state index contributed by atoms with van der Waals surface area (Å²) in [7, 11) is 0. The van der Waals surface area contributed by atoms with Crippen LogP contribution in [0.1, 0.15) is 26.2 Å². The lowest BCUT2D eigenvalue weighted by atomic mass is 9.81. The van der Waals surface area contributed by atoms with Crippen molar-refractivity contribution in [1.29, 1.82) is 0 Å². The Morgan fingerprint density at radius 3 is 2.91 bits per heavy atom. The molecule has 3 nitrogen and oxygen atoms in total. The first kappa shape index (κ1) is 6.83. The van der Waals surface area contributed by atoms with Crippen LogP contribution in [-0.4, -0.2) is 17.2 Å². The van der Waals surface area contributed by atoms with Crippen molar-refractivity contribution in [3.8, 4) is 0 Å². The van der Waals surface area contributed by atoms with Crippen LogP contribution in [0.3, 0.4) is 0 Å². The molecule has 2 bridgehead atoms. The third kappa shape index (κ3) is 0.870. The van der Waals surface area contributed by atoms with Gasteiger partial charge in [0.1, 0.15) is 5.78 Å². The van der Waals surface area contributed by atoms with Crippen molar-refractivity contribution in [3.63, 3.8) is 0 Å². The van der Waals surface area contributed by atoms with Gasteiger partial charge in [-0.1, -0.05) is 0 Å². The largest absolute Gasteiger partial charge is 0.350 e. The minimum absolute atomic E-state index is 0.0602. The highest BCUT2D eigenvalue weighted by molar-refractivity contribution is 6.04. The molecular weight excluding hydrogens is 142 g/mol. The van der Waals surface area contributed by atoms with E-state index in [0.717, 1.165) is 6.42 Å². The van der Waals surface area contributed by atoms with Crippen LogP contribution in [0, 0.1) is 5.92 Å². The van der Waals surface area contributed by atoms with E-state index in [-0.39, 0.29) is 23.1 Å². The highest BCUT2D eigenvalue weighted by Crippen LogP contribution is 2.35. The Morgan fingerprint density at radius 2 is 2.27 bits per heavy atom. The Morgan fingerprint density at radius 1 is 1.55 bits per heavy atom. The molecular formula is C8H11NO2. The SMILES string of the molecule is C[C@@]12CCC(=O)[C@@H](C1)C(=O)N2. The normalized spacial score (nSPS) is 42.5. The lowest BCUT2D eigenvalue weighted by molar-refractivity contribution is -0.131. The van der Waals surface area contributed by atoms with Crippen molar-refractivity contribution >= 4 is 11.7 Å². The van der Waals surface area contributed by atoms with E-state index in [2.05, 4.69) is 5.32 Å². The van der Waals surface area contributed by atoms with Gasteiger partial charge in [-0.3, -0.25) is 9.59 Å². The number of carbonyl (C=O) groups is 2. The average molecular weight is 153 g/mol. The second kappa shape index (κ2) is 1.84. The summed E-state index contributed by atoms with van der Waals surface area (Å²) < 4.78 is 0. The molecule has 0 unspecified atom stereocenters. The van der Waals surface area contributed by atoms with E-state index in [9.17, 15) is 9.59 Å². The minimum Gasteiger partial charge on any atom is -0.350 e. The lowest BCUT2D eigenvalue weighted by Crippen LogP contribution is -2.38. The Hall–Kier alpha value is -0.860. The van der Waals surface area contributed by atoms with E-state index in [1.165, 1.54) is 0 Å². The van der Waals surface area contributed by atoms with Crippen LogP contribution in [0.5, 0.6) is 0 Å². The van der Waals surface area contributed by atoms with E-state index in [4.69, 9.17) is 0 Å². The molecule has 2 rings (SSSR count). The number of ketones is 1. The van der Waals surface area contributed by atoms with Crippen molar-refractivity contribution in [1.82, 2.24) is 5.32 Å².